The Bertz CT molecular complexity index is 2920. The average Bonchev–Trinajstić information content (AvgIpc) is 3.90. The molecule has 2 heteroatoms. The van der Waals surface area contributed by atoms with Crippen LogP contribution in [0.2, 0.25) is 0 Å². The number of nitrogens with zero attached hydrogens (tertiary/aromatic N) is 1. The van der Waals surface area contributed by atoms with Crippen molar-refractivity contribution in [1.82, 2.24) is 4.98 Å². The summed E-state index contributed by atoms with van der Waals surface area (Å²) in [5, 5.41) is 0. The van der Waals surface area contributed by atoms with Gasteiger partial charge < -0.3 is 4.42 Å². The number of para-hydroxylation sites is 2. The van der Waals surface area contributed by atoms with Crippen LogP contribution in [0.4, 0.5) is 0 Å². The Morgan fingerprint density at radius 2 is 0.906 bits per heavy atom. The minimum absolute atomic E-state index is 0.443. The first-order valence-corrected chi connectivity index (χ1v) is 18.4. The molecule has 0 bridgehead atoms. The third-order valence-corrected chi connectivity index (χ3v) is 12.2. The predicted octanol–water partition coefficient (Wildman–Crippen LogP) is 12.2. The van der Waals surface area contributed by atoms with Crippen LogP contribution in [0.1, 0.15) is 44.5 Å². The minimum atomic E-state index is -0.512. The van der Waals surface area contributed by atoms with Crippen LogP contribution in [0, 0.1) is 0 Å². The lowest BCUT2D eigenvalue weighted by Crippen LogP contribution is -2.43. The van der Waals surface area contributed by atoms with E-state index in [9.17, 15) is 0 Å². The summed E-state index contributed by atoms with van der Waals surface area (Å²) in [6.45, 7) is 0. The molecule has 2 nitrogen and oxygen atoms in total. The maximum atomic E-state index is 6.14. The van der Waals surface area contributed by atoms with E-state index >= 15 is 0 Å². The topological polar surface area (TPSA) is 26.0 Å². The van der Waals surface area contributed by atoms with E-state index in [0.29, 0.717) is 5.89 Å². The van der Waals surface area contributed by atoms with E-state index in [-0.39, 0.29) is 0 Å². The van der Waals surface area contributed by atoms with Gasteiger partial charge in [0.25, 0.3) is 0 Å². The maximum Gasteiger partial charge on any atom is 0.227 e. The van der Waals surface area contributed by atoms with Gasteiger partial charge in [-0.2, -0.15) is 0 Å². The van der Waals surface area contributed by atoms with Gasteiger partial charge in [0, 0.05) is 5.56 Å². The lowest BCUT2D eigenvalue weighted by atomic mass is 9.52. The molecule has 0 aliphatic heterocycles. The first kappa shape index (κ1) is 28.9. The number of fused-ring (bicyclic) bond motifs is 13. The summed E-state index contributed by atoms with van der Waals surface area (Å²) in [5.41, 5.74) is 20.1. The second-order valence-electron chi connectivity index (χ2n) is 14.5. The van der Waals surface area contributed by atoms with Gasteiger partial charge in [-0.15, -0.1) is 0 Å². The highest BCUT2D eigenvalue weighted by Gasteiger charge is 2.59. The van der Waals surface area contributed by atoms with E-state index in [1.54, 1.807) is 0 Å². The quantitative estimate of drug-likeness (QED) is 0.187. The second-order valence-corrected chi connectivity index (χ2v) is 14.5. The molecule has 1 spiro atoms. The van der Waals surface area contributed by atoms with Gasteiger partial charge in [-0.05, 0) is 102 Å². The summed E-state index contributed by atoms with van der Waals surface area (Å²) < 4.78 is 6.14. The van der Waals surface area contributed by atoms with Crippen molar-refractivity contribution in [3.63, 3.8) is 0 Å². The van der Waals surface area contributed by atoms with Gasteiger partial charge in [-0.25, -0.2) is 4.98 Å². The fraction of sp³-hybridized carbons (Fsp3) is 0.0392. The van der Waals surface area contributed by atoms with Gasteiger partial charge in [0.2, 0.25) is 5.89 Å². The Labute approximate surface area is 307 Å². The third kappa shape index (κ3) is 3.51. The number of aromatic nitrogens is 1. The molecule has 1 aromatic heterocycles. The number of rotatable bonds is 3. The van der Waals surface area contributed by atoms with Crippen LogP contribution in [0.25, 0.3) is 55.9 Å². The van der Waals surface area contributed by atoms with E-state index in [1.807, 2.05) is 24.3 Å². The van der Waals surface area contributed by atoms with Crippen molar-refractivity contribution in [2.24, 2.45) is 0 Å². The average molecular weight is 674 g/mol. The molecule has 0 fully saturated rings. The summed E-state index contributed by atoms with van der Waals surface area (Å²) in [6, 6.07) is 69.3. The molecule has 1 heterocycles. The van der Waals surface area contributed by atoms with Gasteiger partial charge in [0.15, 0.2) is 5.58 Å². The van der Waals surface area contributed by atoms with E-state index in [4.69, 9.17) is 9.40 Å². The maximum absolute atomic E-state index is 6.14. The SMILES string of the molecule is c1ccc(C23c4ccccc4-c4cccc(c42)C2(c4ccccc4-c4c(-c5ccc(-c6nc7ccccc7o6)cc5)cccc42)c2ccccc23)cc1. The molecule has 0 N–H and O–H groups in total. The normalized spacial score (nSPS) is 18.3. The highest BCUT2D eigenvalue weighted by molar-refractivity contribution is 5.99. The Morgan fingerprint density at radius 1 is 0.358 bits per heavy atom. The zero-order chi connectivity index (χ0) is 34.7. The van der Waals surface area contributed by atoms with Crippen LogP contribution >= 0.6 is 0 Å². The largest absolute Gasteiger partial charge is 0.436 e. The smallest absolute Gasteiger partial charge is 0.227 e. The lowest BCUT2D eigenvalue weighted by Gasteiger charge is -2.48. The minimum Gasteiger partial charge on any atom is -0.436 e. The van der Waals surface area contributed by atoms with Crippen LogP contribution < -0.4 is 0 Å². The summed E-state index contributed by atoms with van der Waals surface area (Å²) >= 11 is 0. The van der Waals surface area contributed by atoms with E-state index in [0.717, 1.165) is 16.7 Å². The molecule has 0 saturated carbocycles. The molecule has 0 amide bonds. The van der Waals surface area contributed by atoms with E-state index < -0.39 is 10.8 Å². The predicted molar refractivity (Wildman–Crippen MR) is 213 cm³/mol. The van der Waals surface area contributed by atoms with Gasteiger partial charge in [-0.3, -0.25) is 0 Å². The zero-order valence-electron chi connectivity index (χ0n) is 28.8. The van der Waals surface area contributed by atoms with Crippen molar-refractivity contribution in [3.8, 4) is 44.8 Å². The fourth-order valence-corrected chi connectivity index (χ4v) is 10.3. The van der Waals surface area contributed by atoms with Crippen LogP contribution in [-0.4, -0.2) is 4.98 Å². The summed E-state index contributed by atoms with van der Waals surface area (Å²) in [7, 11) is 0. The molecular formula is C51H31NO. The van der Waals surface area contributed by atoms with Crippen molar-refractivity contribution in [2.45, 2.75) is 10.8 Å². The molecule has 3 aliphatic carbocycles. The first-order valence-electron chi connectivity index (χ1n) is 18.4. The Morgan fingerprint density at radius 3 is 1.68 bits per heavy atom. The monoisotopic (exact) mass is 673 g/mol. The molecule has 9 aromatic rings. The van der Waals surface area contributed by atoms with Crippen molar-refractivity contribution in [1.29, 1.82) is 0 Å². The molecule has 0 radical (unpaired) electrons. The number of benzene rings is 8. The van der Waals surface area contributed by atoms with Gasteiger partial charge in [-0.1, -0.05) is 164 Å². The standard InChI is InChI=1S/C51H31NO/c1-2-14-34(15-3-1)50-39-20-6-4-16-36(39)37-19-13-25-44(48(37)50)51(42-23-9-8-22-41(42)50)40-21-7-5-17-38(40)47-35(18-12-24-43(47)51)32-28-30-33(31-29-32)49-52-45-26-10-11-27-46(45)53-49/h1-31H. The van der Waals surface area contributed by atoms with Gasteiger partial charge in [0.1, 0.15) is 5.52 Å². The van der Waals surface area contributed by atoms with Crippen LogP contribution in [-0.2, 0) is 10.8 Å². The summed E-state index contributed by atoms with van der Waals surface area (Å²) in [6.07, 6.45) is 0. The highest BCUT2D eigenvalue weighted by atomic mass is 16.3. The molecule has 246 valence electrons. The molecule has 8 aromatic carbocycles. The highest BCUT2D eigenvalue weighted by Crippen LogP contribution is 2.69. The zero-order valence-corrected chi connectivity index (χ0v) is 28.8. The van der Waals surface area contributed by atoms with Gasteiger partial charge >= 0.3 is 0 Å². The fourth-order valence-electron chi connectivity index (χ4n) is 10.3. The van der Waals surface area contributed by atoms with Crippen LogP contribution in [0.3, 0.4) is 0 Å². The lowest BCUT2D eigenvalue weighted by molar-refractivity contribution is 0.620. The molecule has 2 atom stereocenters. The number of oxazole rings is 1. The first-order chi connectivity index (χ1) is 26.3. The summed E-state index contributed by atoms with van der Waals surface area (Å²) in [4.78, 5) is 4.77. The van der Waals surface area contributed by atoms with E-state index in [1.165, 1.54) is 77.9 Å². The molecule has 3 aliphatic rings. The Kier molecular flexibility index (Phi) is 5.67. The Balaban J connectivity index is 1.15. The van der Waals surface area contributed by atoms with Gasteiger partial charge in [0.05, 0.1) is 10.8 Å². The molecule has 0 saturated heterocycles. The Hall–Kier alpha value is -6.77. The molecule has 12 rings (SSSR count). The third-order valence-electron chi connectivity index (χ3n) is 12.2. The molecular weight excluding hydrogens is 643 g/mol. The van der Waals surface area contributed by atoms with Crippen LogP contribution in [0.5, 0.6) is 0 Å². The van der Waals surface area contributed by atoms with Crippen molar-refractivity contribution < 1.29 is 4.42 Å². The second kappa shape index (κ2) is 10.4. The van der Waals surface area contributed by atoms with Crippen molar-refractivity contribution in [3.05, 3.63) is 233 Å². The molecule has 53 heavy (non-hydrogen) atoms. The van der Waals surface area contributed by atoms with E-state index in [2.05, 4.69) is 164 Å². The molecule has 2 unspecified atom stereocenters. The summed E-state index contributed by atoms with van der Waals surface area (Å²) in [5.74, 6) is 0.639. The van der Waals surface area contributed by atoms with Crippen LogP contribution in [0.15, 0.2) is 192 Å². The number of hydrogen-bond acceptors (Lipinski definition) is 2. The number of hydrogen-bond donors (Lipinski definition) is 0. The van der Waals surface area contributed by atoms with Crippen molar-refractivity contribution >= 4 is 11.1 Å². The van der Waals surface area contributed by atoms with Crippen molar-refractivity contribution in [2.75, 3.05) is 0 Å².